The van der Waals surface area contributed by atoms with Crippen molar-refractivity contribution in [2.45, 2.75) is 51.1 Å². The monoisotopic (exact) mass is 473 g/mol. The van der Waals surface area contributed by atoms with E-state index in [4.69, 9.17) is 4.74 Å². The maximum Gasteiger partial charge on any atom is 0.431 e. The van der Waals surface area contributed by atoms with Crippen molar-refractivity contribution in [2.75, 3.05) is 13.7 Å². The number of carbonyl (C=O) groups is 3. The number of H-pyrrole nitrogens is 1. The smallest absolute Gasteiger partial charge is 0.431 e. The van der Waals surface area contributed by atoms with Crippen LogP contribution in [-0.4, -0.2) is 59.5 Å². The number of benzene rings is 1. The van der Waals surface area contributed by atoms with Crippen molar-refractivity contribution >= 4 is 28.9 Å². The first kappa shape index (κ1) is 26.0. The summed E-state index contributed by atoms with van der Waals surface area (Å²) in [6, 6.07) is 2.94. The molecule has 1 heterocycles. The summed E-state index contributed by atoms with van der Waals surface area (Å²) in [5.74, 6) is -1.98. The molecule has 0 spiro atoms. The number of rotatable bonds is 7. The maximum absolute atomic E-state index is 13.7. The third-order valence-electron chi connectivity index (χ3n) is 4.50. The van der Waals surface area contributed by atoms with Gasteiger partial charge in [-0.05, 0) is 32.4 Å². The van der Waals surface area contributed by atoms with Gasteiger partial charge in [0.1, 0.15) is 17.3 Å². The lowest BCUT2D eigenvalue weighted by Crippen LogP contribution is -2.54. The van der Waals surface area contributed by atoms with Gasteiger partial charge < -0.3 is 30.2 Å². The number of alkyl carbamates (subject to hydrolysis) is 1. The van der Waals surface area contributed by atoms with Crippen LogP contribution in [0.4, 0.5) is 18.0 Å². The van der Waals surface area contributed by atoms with Crippen LogP contribution in [0.5, 0.6) is 0 Å². The molecule has 12 heteroatoms. The number of esters is 1. The average Bonchev–Trinajstić information content (AvgIpc) is 3.08. The Morgan fingerprint density at radius 2 is 1.73 bits per heavy atom. The van der Waals surface area contributed by atoms with Crippen molar-refractivity contribution in [1.29, 1.82) is 0 Å². The molecule has 0 aliphatic heterocycles. The molecular formula is C21H26F3N3O6. The molecule has 2 rings (SSSR count). The lowest BCUT2D eigenvalue weighted by Gasteiger charge is -2.24. The minimum atomic E-state index is -4.76. The molecule has 0 aliphatic carbocycles. The van der Waals surface area contributed by atoms with Gasteiger partial charge in [-0.2, -0.15) is 13.2 Å². The van der Waals surface area contributed by atoms with Crippen molar-refractivity contribution < 1.29 is 42.1 Å². The second kappa shape index (κ2) is 10.1. The molecule has 0 fully saturated rings. The van der Waals surface area contributed by atoms with Gasteiger partial charge in [0.05, 0.1) is 13.7 Å². The number of hydrogen-bond donors (Lipinski definition) is 4. The quantitative estimate of drug-likeness (QED) is 0.457. The second-order valence-electron chi connectivity index (χ2n) is 8.19. The van der Waals surface area contributed by atoms with Crippen molar-refractivity contribution in [2.24, 2.45) is 0 Å². The van der Waals surface area contributed by atoms with Gasteiger partial charge in [0, 0.05) is 17.3 Å². The Morgan fingerprint density at radius 3 is 2.27 bits per heavy atom. The number of amides is 2. The lowest BCUT2D eigenvalue weighted by atomic mass is 10.0. The number of ether oxygens (including phenoxy) is 2. The van der Waals surface area contributed by atoms with Gasteiger partial charge in [0.15, 0.2) is 6.04 Å². The van der Waals surface area contributed by atoms with E-state index in [1.54, 1.807) is 26.8 Å². The van der Waals surface area contributed by atoms with E-state index in [1.807, 2.05) is 0 Å². The number of methoxy groups -OCH3 is 1. The Bertz CT molecular complexity index is 1010. The third-order valence-corrected chi connectivity index (χ3v) is 4.50. The van der Waals surface area contributed by atoms with E-state index in [0.29, 0.717) is 0 Å². The summed E-state index contributed by atoms with van der Waals surface area (Å²) < 4.78 is 50.7. The molecule has 0 radical (unpaired) electrons. The number of aliphatic hydroxyl groups is 1. The van der Waals surface area contributed by atoms with Crippen LogP contribution in [0, 0.1) is 0 Å². The summed E-state index contributed by atoms with van der Waals surface area (Å²) in [6.07, 6.45) is -6.39. The molecule has 1 aromatic heterocycles. The van der Waals surface area contributed by atoms with Crippen LogP contribution in [0.2, 0.25) is 0 Å². The Kier molecular flexibility index (Phi) is 7.96. The number of hydrogen-bond acceptors (Lipinski definition) is 6. The summed E-state index contributed by atoms with van der Waals surface area (Å²) in [5.41, 5.74) is -2.08. The van der Waals surface area contributed by atoms with Gasteiger partial charge in [-0.25, -0.2) is 9.59 Å². The Hall–Kier alpha value is -3.28. The largest absolute Gasteiger partial charge is 0.467 e. The van der Waals surface area contributed by atoms with Gasteiger partial charge in [-0.15, -0.1) is 0 Å². The average molecular weight is 473 g/mol. The second-order valence-corrected chi connectivity index (χ2v) is 8.19. The minimum absolute atomic E-state index is 0.194. The van der Waals surface area contributed by atoms with E-state index in [1.165, 1.54) is 18.2 Å². The van der Waals surface area contributed by atoms with Gasteiger partial charge in [0.2, 0.25) is 5.91 Å². The number of alkyl halides is 3. The first-order valence-electron chi connectivity index (χ1n) is 9.92. The molecule has 0 saturated carbocycles. The van der Waals surface area contributed by atoms with Crippen molar-refractivity contribution in [3.8, 4) is 0 Å². The van der Waals surface area contributed by atoms with E-state index >= 15 is 0 Å². The van der Waals surface area contributed by atoms with Crippen LogP contribution >= 0.6 is 0 Å². The normalized spacial score (nSPS) is 13.8. The predicted molar refractivity (Wildman–Crippen MR) is 111 cm³/mol. The number of aromatic amines is 1. The zero-order valence-corrected chi connectivity index (χ0v) is 18.5. The first-order valence-corrected chi connectivity index (χ1v) is 9.92. The third kappa shape index (κ3) is 6.85. The molecule has 0 aliphatic rings. The zero-order chi connectivity index (χ0) is 25.0. The number of halogens is 3. The van der Waals surface area contributed by atoms with E-state index in [9.17, 15) is 32.7 Å². The molecule has 0 bridgehead atoms. The summed E-state index contributed by atoms with van der Waals surface area (Å²) in [7, 11) is 1.04. The number of nitrogens with one attached hydrogen (secondary N) is 3. The molecule has 33 heavy (non-hydrogen) atoms. The standard InChI is InChI=1S/C21H26F3N3O6/c1-20(2,3)33-19(31)27-14(17(29)26-15(10-28)18(30)32-4)9-12-11-7-5-6-8-13(11)25-16(12)21(22,23)24/h5-8,14-15,25,28H,9-10H2,1-4H3,(H,26,29)(H,27,31)/t14-,15-/m0/s1. The van der Waals surface area contributed by atoms with Crippen LogP contribution in [-0.2, 0) is 31.7 Å². The fourth-order valence-electron chi connectivity index (χ4n) is 3.11. The van der Waals surface area contributed by atoms with Gasteiger partial charge in [0.25, 0.3) is 0 Å². The molecule has 0 unspecified atom stereocenters. The minimum Gasteiger partial charge on any atom is -0.467 e. The van der Waals surface area contributed by atoms with Crippen molar-refractivity contribution in [3.05, 3.63) is 35.5 Å². The number of aromatic nitrogens is 1. The molecule has 2 amide bonds. The zero-order valence-electron chi connectivity index (χ0n) is 18.5. The highest BCUT2D eigenvalue weighted by Crippen LogP contribution is 2.36. The first-order chi connectivity index (χ1) is 15.3. The topological polar surface area (TPSA) is 130 Å². The van der Waals surface area contributed by atoms with Gasteiger partial charge in [-0.1, -0.05) is 18.2 Å². The molecule has 9 nitrogen and oxygen atoms in total. The van der Waals surface area contributed by atoms with Crippen LogP contribution < -0.4 is 10.6 Å². The SMILES string of the molecule is COC(=O)[C@H](CO)NC(=O)[C@H](Cc1c(C(F)(F)F)[nH]c2ccccc12)NC(=O)OC(C)(C)C. The molecule has 4 N–H and O–H groups in total. The number of fused-ring (bicyclic) bond motifs is 1. The highest BCUT2D eigenvalue weighted by Gasteiger charge is 2.38. The Labute approximate surface area is 187 Å². The van der Waals surface area contributed by atoms with E-state index < -0.39 is 60.6 Å². The van der Waals surface area contributed by atoms with Crippen LogP contribution in [0.15, 0.2) is 24.3 Å². The van der Waals surface area contributed by atoms with Gasteiger partial charge in [-0.3, -0.25) is 4.79 Å². The highest BCUT2D eigenvalue weighted by atomic mass is 19.4. The predicted octanol–water partition coefficient (Wildman–Crippen LogP) is 2.27. The van der Waals surface area contributed by atoms with Crippen LogP contribution in [0.25, 0.3) is 10.9 Å². The Balaban J connectivity index is 2.45. The molecule has 2 atom stereocenters. The fraction of sp³-hybridized carbons (Fsp3) is 0.476. The number of aliphatic hydroxyl groups excluding tert-OH is 1. The highest BCUT2D eigenvalue weighted by molar-refractivity contribution is 5.91. The molecule has 0 saturated heterocycles. The van der Waals surface area contributed by atoms with Gasteiger partial charge >= 0.3 is 18.2 Å². The van der Waals surface area contributed by atoms with E-state index in [2.05, 4.69) is 20.4 Å². The molecule has 1 aromatic carbocycles. The summed E-state index contributed by atoms with van der Waals surface area (Å²) in [4.78, 5) is 39.2. The van der Waals surface area contributed by atoms with E-state index in [0.717, 1.165) is 7.11 Å². The van der Waals surface area contributed by atoms with Crippen molar-refractivity contribution in [1.82, 2.24) is 15.6 Å². The Morgan fingerprint density at radius 1 is 1.09 bits per heavy atom. The number of para-hydroxylation sites is 1. The number of carbonyl (C=O) groups excluding carboxylic acids is 3. The summed E-state index contributed by atoms with van der Waals surface area (Å²) in [5, 5.41) is 14.0. The van der Waals surface area contributed by atoms with Crippen molar-refractivity contribution in [3.63, 3.8) is 0 Å². The molecule has 2 aromatic rings. The maximum atomic E-state index is 13.7. The molecule has 182 valence electrons. The summed E-state index contributed by atoms with van der Waals surface area (Å²) >= 11 is 0. The van der Waals surface area contributed by atoms with Crippen LogP contribution in [0.3, 0.4) is 0 Å². The van der Waals surface area contributed by atoms with Crippen LogP contribution in [0.1, 0.15) is 32.0 Å². The lowest BCUT2D eigenvalue weighted by molar-refractivity contribution is -0.146. The fourth-order valence-corrected chi connectivity index (χ4v) is 3.11. The van der Waals surface area contributed by atoms with E-state index in [-0.39, 0.29) is 16.5 Å². The summed E-state index contributed by atoms with van der Waals surface area (Å²) in [6.45, 7) is 3.89. The molecular weight excluding hydrogens is 447 g/mol.